The Kier molecular flexibility index (Phi) is 5.76. The number of rotatable bonds is 4. The summed E-state index contributed by atoms with van der Waals surface area (Å²) in [5.74, 6) is -3.38. The molecule has 0 N–H and O–H groups in total. The maximum Gasteiger partial charge on any atom is 0.317 e. The molecule has 2 atom stereocenters. The van der Waals surface area contributed by atoms with Gasteiger partial charge in [0.2, 0.25) is 0 Å². The molecule has 0 unspecified atom stereocenters. The van der Waals surface area contributed by atoms with Crippen molar-refractivity contribution in [2.75, 3.05) is 6.61 Å². The second-order valence-electron chi connectivity index (χ2n) is 6.62. The van der Waals surface area contributed by atoms with E-state index in [1.165, 1.54) is 18.2 Å². The van der Waals surface area contributed by atoms with Crippen LogP contribution in [0.3, 0.4) is 0 Å². The first-order chi connectivity index (χ1) is 12.9. The summed E-state index contributed by atoms with van der Waals surface area (Å²) >= 11 is 6.25. The van der Waals surface area contributed by atoms with Gasteiger partial charge in [0.15, 0.2) is 5.78 Å². The SMILES string of the molecule is CCOC(=O)[C@@H]1C(=O)C=C(c2cccc(C)c2)C[C@@H]1c1c(F)cccc1Cl. The molecular formula is C22H20ClFO3. The van der Waals surface area contributed by atoms with Gasteiger partial charge in [-0.05, 0) is 49.6 Å². The zero-order valence-electron chi connectivity index (χ0n) is 15.2. The lowest BCUT2D eigenvalue weighted by molar-refractivity contribution is -0.151. The first kappa shape index (κ1) is 19.3. The van der Waals surface area contributed by atoms with Gasteiger partial charge in [0.25, 0.3) is 0 Å². The number of carbonyl (C=O) groups is 2. The molecule has 1 aliphatic rings. The van der Waals surface area contributed by atoms with E-state index < -0.39 is 23.6 Å². The largest absolute Gasteiger partial charge is 0.465 e. The van der Waals surface area contributed by atoms with Crippen LogP contribution in [-0.2, 0) is 14.3 Å². The molecule has 0 spiro atoms. The van der Waals surface area contributed by atoms with Crippen LogP contribution < -0.4 is 0 Å². The molecule has 140 valence electrons. The Balaban J connectivity index is 2.11. The molecular weight excluding hydrogens is 367 g/mol. The fourth-order valence-corrected chi connectivity index (χ4v) is 3.87. The summed E-state index contributed by atoms with van der Waals surface area (Å²) in [6, 6.07) is 12.1. The fraction of sp³-hybridized carbons (Fsp3) is 0.273. The van der Waals surface area contributed by atoms with E-state index in [9.17, 15) is 14.0 Å². The van der Waals surface area contributed by atoms with E-state index >= 15 is 0 Å². The van der Waals surface area contributed by atoms with Crippen molar-refractivity contribution in [3.63, 3.8) is 0 Å². The van der Waals surface area contributed by atoms with E-state index in [1.54, 1.807) is 13.0 Å². The molecule has 1 aliphatic carbocycles. The molecule has 27 heavy (non-hydrogen) atoms. The van der Waals surface area contributed by atoms with Crippen molar-refractivity contribution in [2.24, 2.45) is 5.92 Å². The molecule has 0 bridgehead atoms. The Hall–Kier alpha value is -2.46. The molecule has 0 radical (unpaired) electrons. The minimum absolute atomic E-state index is 0.148. The first-order valence-electron chi connectivity index (χ1n) is 8.84. The number of aryl methyl sites for hydroxylation is 1. The third-order valence-corrected chi connectivity index (χ3v) is 5.09. The molecule has 0 aromatic heterocycles. The van der Waals surface area contributed by atoms with E-state index in [4.69, 9.17) is 16.3 Å². The predicted octanol–water partition coefficient (Wildman–Crippen LogP) is 5.11. The summed E-state index contributed by atoms with van der Waals surface area (Å²) in [7, 11) is 0. The molecule has 0 heterocycles. The van der Waals surface area contributed by atoms with Gasteiger partial charge in [0.05, 0.1) is 6.61 Å². The number of benzene rings is 2. The average molecular weight is 387 g/mol. The van der Waals surface area contributed by atoms with Crippen LogP contribution in [0.2, 0.25) is 5.02 Å². The van der Waals surface area contributed by atoms with Crippen molar-refractivity contribution in [1.82, 2.24) is 0 Å². The Morgan fingerprint density at radius 1 is 1.26 bits per heavy atom. The molecule has 0 saturated carbocycles. The van der Waals surface area contributed by atoms with Gasteiger partial charge in [-0.15, -0.1) is 0 Å². The van der Waals surface area contributed by atoms with Gasteiger partial charge in [0.1, 0.15) is 11.7 Å². The smallest absolute Gasteiger partial charge is 0.317 e. The summed E-state index contributed by atoms with van der Waals surface area (Å²) in [5, 5.41) is 0.201. The normalized spacial score (nSPS) is 19.6. The summed E-state index contributed by atoms with van der Waals surface area (Å²) < 4.78 is 19.7. The van der Waals surface area contributed by atoms with E-state index in [2.05, 4.69) is 0 Å². The number of hydrogen-bond acceptors (Lipinski definition) is 3. The molecule has 0 amide bonds. The maximum absolute atomic E-state index is 14.6. The Labute approximate surface area is 162 Å². The Morgan fingerprint density at radius 2 is 2.00 bits per heavy atom. The molecule has 5 heteroatoms. The van der Waals surface area contributed by atoms with Crippen LogP contribution in [0.5, 0.6) is 0 Å². The monoisotopic (exact) mass is 386 g/mol. The van der Waals surface area contributed by atoms with Crippen LogP contribution in [0.1, 0.15) is 36.0 Å². The van der Waals surface area contributed by atoms with Gasteiger partial charge in [-0.25, -0.2) is 4.39 Å². The standard InChI is InChI=1S/C22H20ClFO3/c1-3-27-22(26)21-16(20-17(23)8-5-9-18(20)24)11-15(12-19(21)25)14-7-4-6-13(2)10-14/h4-10,12,16,21H,3,11H2,1-2H3/t16-,21+/m1/s1. The number of ketones is 1. The Morgan fingerprint density at radius 3 is 2.67 bits per heavy atom. The zero-order chi connectivity index (χ0) is 19.6. The van der Waals surface area contributed by atoms with E-state index in [1.807, 2.05) is 31.2 Å². The number of allylic oxidation sites excluding steroid dienone is 2. The van der Waals surface area contributed by atoms with Gasteiger partial charge in [-0.3, -0.25) is 9.59 Å². The molecule has 0 aliphatic heterocycles. The number of hydrogen-bond donors (Lipinski definition) is 0. The van der Waals surface area contributed by atoms with E-state index in [0.29, 0.717) is 6.42 Å². The van der Waals surface area contributed by atoms with Crippen molar-refractivity contribution in [1.29, 1.82) is 0 Å². The van der Waals surface area contributed by atoms with Gasteiger partial charge >= 0.3 is 5.97 Å². The van der Waals surface area contributed by atoms with Crippen molar-refractivity contribution in [3.8, 4) is 0 Å². The van der Waals surface area contributed by atoms with Crippen molar-refractivity contribution >= 4 is 28.9 Å². The minimum atomic E-state index is -1.10. The summed E-state index contributed by atoms with van der Waals surface area (Å²) in [6.07, 6.45) is 1.79. The molecule has 0 saturated heterocycles. The number of ether oxygens (including phenoxy) is 1. The topological polar surface area (TPSA) is 43.4 Å². The van der Waals surface area contributed by atoms with Crippen LogP contribution in [0, 0.1) is 18.7 Å². The molecule has 3 nitrogen and oxygen atoms in total. The lowest BCUT2D eigenvalue weighted by Gasteiger charge is -2.30. The van der Waals surface area contributed by atoms with Crippen LogP contribution in [-0.4, -0.2) is 18.4 Å². The lowest BCUT2D eigenvalue weighted by Crippen LogP contribution is -2.34. The van der Waals surface area contributed by atoms with Gasteiger partial charge < -0.3 is 4.74 Å². The average Bonchev–Trinajstić information content (AvgIpc) is 2.61. The Bertz CT molecular complexity index is 899. The maximum atomic E-state index is 14.6. The number of carbonyl (C=O) groups excluding carboxylic acids is 2. The summed E-state index contributed by atoms with van der Waals surface area (Å²) in [5.41, 5.74) is 2.87. The summed E-state index contributed by atoms with van der Waals surface area (Å²) in [4.78, 5) is 25.3. The highest BCUT2D eigenvalue weighted by molar-refractivity contribution is 6.31. The van der Waals surface area contributed by atoms with Crippen LogP contribution in [0.15, 0.2) is 48.5 Å². The zero-order valence-corrected chi connectivity index (χ0v) is 15.9. The van der Waals surface area contributed by atoms with Gasteiger partial charge in [-0.1, -0.05) is 47.5 Å². The van der Waals surface area contributed by atoms with Crippen molar-refractivity contribution < 1.29 is 18.7 Å². The highest BCUT2D eigenvalue weighted by Crippen LogP contribution is 2.43. The highest BCUT2D eigenvalue weighted by Gasteiger charge is 2.41. The molecule has 0 fully saturated rings. The summed E-state index contributed by atoms with van der Waals surface area (Å²) in [6.45, 7) is 3.78. The second kappa shape index (κ2) is 8.05. The molecule has 2 aromatic rings. The minimum Gasteiger partial charge on any atom is -0.465 e. The van der Waals surface area contributed by atoms with Crippen LogP contribution in [0.25, 0.3) is 5.57 Å². The fourth-order valence-electron chi connectivity index (χ4n) is 3.57. The highest BCUT2D eigenvalue weighted by atomic mass is 35.5. The van der Waals surface area contributed by atoms with Gasteiger partial charge in [-0.2, -0.15) is 0 Å². The van der Waals surface area contributed by atoms with Gasteiger partial charge in [0, 0.05) is 16.5 Å². The first-order valence-corrected chi connectivity index (χ1v) is 9.22. The lowest BCUT2D eigenvalue weighted by atomic mass is 9.73. The third kappa shape index (κ3) is 3.96. The van der Waals surface area contributed by atoms with Crippen molar-refractivity contribution in [2.45, 2.75) is 26.2 Å². The number of halogens is 2. The number of esters is 1. The van der Waals surface area contributed by atoms with Crippen molar-refractivity contribution in [3.05, 3.63) is 76.1 Å². The molecule has 2 aromatic carbocycles. The van der Waals surface area contributed by atoms with Crippen LogP contribution >= 0.6 is 11.6 Å². The predicted molar refractivity (Wildman–Crippen MR) is 103 cm³/mol. The van der Waals surface area contributed by atoms with E-state index in [0.717, 1.165) is 16.7 Å². The quantitative estimate of drug-likeness (QED) is 0.542. The second-order valence-corrected chi connectivity index (χ2v) is 7.02. The van der Waals surface area contributed by atoms with Crippen LogP contribution in [0.4, 0.5) is 4.39 Å². The third-order valence-electron chi connectivity index (χ3n) is 4.77. The van der Waals surface area contributed by atoms with E-state index in [-0.39, 0.29) is 23.0 Å². The molecule has 3 rings (SSSR count).